The number of pyridine rings is 1. The second-order valence-electron chi connectivity index (χ2n) is 8.72. The van der Waals surface area contributed by atoms with Gasteiger partial charge in [0.1, 0.15) is 17.0 Å². The lowest BCUT2D eigenvalue weighted by Crippen LogP contribution is -2.38. The molecule has 0 spiro atoms. The maximum absolute atomic E-state index is 14.0. The number of carbonyl (C=O) groups excluding carboxylic acids is 1. The molecule has 6 heteroatoms. The summed E-state index contributed by atoms with van der Waals surface area (Å²) >= 11 is 0. The summed E-state index contributed by atoms with van der Waals surface area (Å²) in [4.78, 5) is 25.4. The molecule has 0 bridgehead atoms. The van der Waals surface area contributed by atoms with Gasteiger partial charge < -0.3 is 9.47 Å². The minimum Gasteiger partial charge on any atom is -0.335 e. The molecule has 6 nitrogen and oxygen atoms in total. The van der Waals surface area contributed by atoms with Crippen molar-refractivity contribution in [1.29, 1.82) is 0 Å². The molecule has 1 aliphatic rings. The number of nitrogens with zero attached hydrogens (tertiary/aromatic N) is 5. The first-order valence-corrected chi connectivity index (χ1v) is 11.7. The van der Waals surface area contributed by atoms with Crippen LogP contribution in [0.5, 0.6) is 0 Å². The number of amides is 1. The van der Waals surface area contributed by atoms with Gasteiger partial charge in [-0.15, -0.1) is 0 Å². The first kappa shape index (κ1) is 20.4. The van der Waals surface area contributed by atoms with E-state index in [1.165, 1.54) is 0 Å². The molecule has 0 saturated carbocycles. The molecule has 1 atom stereocenters. The summed E-state index contributed by atoms with van der Waals surface area (Å²) < 4.78 is 4.02. The summed E-state index contributed by atoms with van der Waals surface area (Å²) in [6, 6.07) is 26.1. The van der Waals surface area contributed by atoms with E-state index in [0.29, 0.717) is 5.69 Å². The van der Waals surface area contributed by atoms with Crippen molar-refractivity contribution in [3.63, 3.8) is 0 Å². The summed E-state index contributed by atoms with van der Waals surface area (Å²) in [5, 5.41) is 0. The summed E-state index contributed by atoms with van der Waals surface area (Å²) in [6.45, 7) is 1.47. The van der Waals surface area contributed by atoms with Crippen LogP contribution in [0.25, 0.3) is 28.2 Å². The van der Waals surface area contributed by atoms with Crippen LogP contribution in [0.3, 0.4) is 0 Å². The van der Waals surface area contributed by atoms with E-state index in [9.17, 15) is 4.79 Å². The van der Waals surface area contributed by atoms with Gasteiger partial charge in [-0.05, 0) is 25.0 Å². The molecule has 5 aromatic rings. The average Bonchev–Trinajstić information content (AvgIpc) is 3.64. The molecule has 4 heterocycles. The van der Waals surface area contributed by atoms with Crippen LogP contribution < -0.4 is 0 Å². The third kappa shape index (κ3) is 3.67. The predicted octanol–water partition coefficient (Wildman–Crippen LogP) is 5.17. The van der Waals surface area contributed by atoms with Gasteiger partial charge in [0.25, 0.3) is 5.91 Å². The van der Waals surface area contributed by atoms with Crippen LogP contribution in [-0.4, -0.2) is 42.3 Å². The zero-order valence-corrected chi connectivity index (χ0v) is 18.8. The van der Waals surface area contributed by atoms with Crippen molar-refractivity contribution in [3.05, 3.63) is 103 Å². The Labute approximate surface area is 198 Å². The molecule has 1 saturated heterocycles. The molecule has 0 aliphatic carbocycles. The number of fused-ring (bicyclic) bond motifs is 1. The van der Waals surface area contributed by atoms with Crippen molar-refractivity contribution in [1.82, 2.24) is 23.8 Å². The van der Waals surface area contributed by atoms with E-state index in [4.69, 9.17) is 4.98 Å². The van der Waals surface area contributed by atoms with E-state index in [1.807, 2.05) is 88.6 Å². The van der Waals surface area contributed by atoms with Crippen LogP contribution in [0.4, 0.5) is 0 Å². The third-order valence-corrected chi connectivity index (χ3v) is 6.54. The van der Waals surface area contributed by atoms with Gasteiger partial charge in [-0.3, -0.25) is 9.20 Å². The van der Waals surface area contributed by atoms with Crippen molar-refractivity contribution < 1.29 is 4.79 Å². The molecule has 0 radical (unpaired) electrons. The van der Waals surface area contributed by atoms with Gasteiger partial charge in [-0.1, -0.05) is 66.7 Å². The van der Waals surface area contributed by atoms with E-state index < -0.39 is 0 Å². The van der Waals surface area contributed by atoms with E-state index >= 15 is 0 Å². The fraction of sp³-hybridized carbons (Fsp3) is 0.179. The van der Waals surface area contributed by atoms with Crippen molar-refractivity contribution in [2.24, 2.45) is 0 Å². The van der Waals surface area contributed by atoms with Crippen LogP contribution in [0.2, 0.25) is 0 Å². The van der Waals surface area contributed by atoms with E-state index in [1.54, 1.807) is 0 Å². The Morgan fingerprint density at radius 1 is 0.912 bits per heavy atom. The first-order chi connectivity index (χ1) is 16.8. The lowest BCUT2D eigenvalue weighted by Gasteiger charge is -2.25. The highest BCUT2D eigenvalue weighted by atomic mass is 16.2. The van der Waals surface area contributed by atoms with E-state index in [0.717, 1.165) is 54.1 Å². The molecular formula is C28H25N5O. The van der Waals surface area contributed by atoms with Gasteiger partial charge in [0.15, 0.2) is 0 Å². The topological polar surface area (TPSA) is 55.4 Å². The average molecular weight is 448 g/mol. The SMILES string of the molecule is O=C(c1c(-c2ccccc2)nc2ccccn12)N1CCC[C@H]1Cn1cnc(-c2ccccc2)c1. The first-order valence-electron chi connectivity index (χ1n) is 11.7. The molecule has 1 aliphatic heterocycles. The molecule has 168 valence electrons. The maximum atomic E-state index is 14.0. The highest BCUT2D eigenvalue weighted by Gasteiger charge is 2.33. The number of imidazole rings is 2. The Morgan fingerprint density at radius 3 is 2.44 bits per heavy atom. The Morgan fingerprint density at radius 2 is 1.65 bits per heavy atom. The van der Waals surface area contributed by atoms with Gasteiger partial charge in [-0.25, -0.2) is 9.97 Å². The van der Waals surface area contributed by atoms with Crippen LogP contribution >= 0.6 is 0 Å². The number of aromatic nitrogens is 4. The van der Waals surface area contributed by atoms with Crippen LogP contribution in [0, 0.1) is 0 Å². The monoisotopic (exact) mass is 447 g/mol. The summed E-state index contributed by atoms with van der Waals surface area (Å²) in [5.74, 6) is 0.0310. The Hall–Kier alpha value is -4.19. The second kappa shape index (κ2) is 8.63. The minimum absolute atomic E-state index is 0.0310. The highest BCUT2D eigenvalue weighted by molar-refractivity contribution is 6.00. The Kier molecular flexibility index (Phi) is 5.18. The molecule has 0 unspecified atom stereocenters. The van der Waals surface area contributed by atoms with Gasteiger partial charge in [0.05, 0.1) is 18.1 Å². The fourth-order valence-corrected chi connectivity index (χ4v) is 4.89. The molecule has 2 aromatic carbocycles. The summed E-state index contributed by atoms with van der Waals surface area (Å²) in [6.07, 6.45) is 7.83. The predicted molar refractivity (Wildman–Crippen MR) is 132 cm³/mol. The van der Waals surface area contributed by atoms with Gasteiger partial charge in [0.2, 0.25) is 0 Å². The molecule has 34 heavy (non-hydrogen) atoms. The van der Waals surface area contributed by atoms with Crippen LogP contribution in [-0.2, 0) is 6.54 Å². The number of likely N-dealkylation sites (tertiary alicyclic amines) is 1. The largest absolute Gasteiger partial charge is 0.335 e. The van der Waals surface area contributed by atoms with Gasteiger partial charge >= 0.3 is 0 Å². The van der Waals surface area contributed by atoms with Crippen LogP contribution in [0.15, 0.2) is 97.6 Å². The van der Waals surface area contributed by atoms with E-state index in [-0.39, 0.29) is 11.9 Å². The number of carbonyl (C=O) groups is 1. The van der Waals surface area contributed by atoms with Gasteiger partial charge in [0, 0.05) is 36.6 Å². The second-order valence-corrected chi connectivity index (χ2v) is 8.72. The molecule has 0 N–H and O–H groups in total. The summed E-state index contributed by atoms with van der Waals surface area (Å²) in [5.41, 5.74) is 5.14. The van der Waals surface area contributed by atoms with Crippen molar-refractivity contribution in [2.75, 3.05) is 6.54 Å². The normalized spacial score (nSPS) is 15.8. The molecular weight excluding hydrogens is 422 g/mol. The van der Waals surface area contributed by atoms with Crippen LogP contribution in [0.1, 0.15) is 23.3 Å². The lowest BCUT2D eigenvalue weighted by molar-refractivity contribution is 0.0718. The van der Waals surface area contributed by atoms with Crippen molar-refractivity contribution in [3.8, 4) is 22.5 Å². The standard InChI is InChI=1S/C28H25N5O/c34-28(27-26(22-12-5-2-6-13-22)30-25-15-7-8-16-33(25)27)32-17-9-14-23(32)18-31-19-24(29-20-31)21-10-3-1-4-11-21/h1-8,10-13,15-16,19-20,23H,9,14,17-18H2/t23-/m0/s1. The lowest BCUT2D eigenvalue weighted by atomic mass is 10.1. The summed E-state index contributed by atoms with van der Waals surface area (Å²) in [7, 11) is 0. The smallest absolute Gasteiger partial charge is 0.273 e. The Balaban J connectivity index is 1.32. The zero-order valence-electron chi connectivity index (χ0n) is 18.8. The zero-order chi connectivity index (χ0) is 22.9. The number of hydrogen-bond donors (Lipinski definition) is 0. The molecule has 1 amide bonds. The van der Waals surface area contributed by atoms with E-state index in [2.05, 4.69) is 27.9 Å². The number of rotatable bonds is 5. The highest BCUT2D eigenvalue weighted by Crippen LogP contribution is 2.29. The van der Waals surface area contributed by atoms with Crippen molar-refractivity contribution >= 4 is 11.6 Å². The minimum atomic E-state index is 0.0310. The van der Waals surface area contributed by atoms with Crippen molar-refractivity contribution in [2.45, 2.75) is 25.4 Å². The molecule has 1 fully saturated rings. The quantitative estimate of drug-likeness (QED) is 0.374. The maximum Gasteiger partial charge on any atom is 0.273 e. The Bertz CT molecular complexity index is 1440. The molecule has 6 rings (SSSR count). The number of hydrogen-bond acceptors (Lipinski definition) is 3. The fourth-order valence-electron chi connectivity index (χ4n) is 4.89. The number of benzene rings is 2. The molecule has 3 aromatic heterocycles. The third-order valence-electron chi connectivity index (χ3n) is 6.54. The van der Waals surface area contributed by atoms with Gasteiger partial charge in [-0.2, -0.15) is 0 Å².